The zero-order valence-electron chi connectivity index (χ0n) is 11.6. The second kappa shape index (κ2) is 5.29. The minimum Gasteiger partial charge on any atom is -0.338 e. The van der Waals surface area contributed by atoms with Gasteiger partial charge in [-0.15, -0.1) is 11.3 Å². The number of rotatable bonds is 1. The summed E-state index contributed by atoms with van der Waals surface area (Å²) in [6.45, 7) is 1.56. The molecule has 0 atom stereocenters. The predicted octanol–water partition coefficient (Wildman–Crippen LogP) is 3.26. The maximum Gasteiger partial charge on any atom is 0.269 e. The molecule has 4 rings (SSSR count). The smallest absolute Gasteiger partial charge is 0.269 e. The van der Waals surface area contributed by atoms with E-state index in [1.54, 1.807) is 0 Å². The van der Waals surface area contributed by atoms with Gasteiger partial charge in [-0.1, -0.05) is 11.3 Å². The SMILES string of the molecule is O=C(c1sc(=S)n2c1[nH]c(=O)c1sccc12)N1CCCCC1. The number of thiazole rings is 1. The molecule has 3 aromatic rings. The van der Waals surface area contributed by atoms with Gasteiger partial charge in [0.1, 0.15) is 15.2 Å². The van der Waals surface area contributed by atoms with E-state index in [2.05, 4.69) is 4.98 Å². The first-order chi connectivity index (χ1) is 10.7. The third kappa shape index (κ3) is 2.05. The van der Waals surface area contributed by atoms with Crippen LogP contribution >= 0.6 is 34.9 Å². The van der Waals surface area contributed by atoms with Gasteiger partial charge in [-0.25, -0.2) is 0 Å². The minimum absolute atomic E-state index is 0.0245. The molecule has 0 radical (unpaired) electrons. The summed E-state index contributed by atoms with van der Waals surface area (Å²) in [5, 5.41) is 1.87. The van der Waals surface area contributed by atoms with Gasteiger partial charge in [-0.05, 0) is 42.9 Å². The van der Waals surface area contributed by atoms with Crippen molar-refractivity contribution in [2.75, 3.05) is 13.1 Å². The van der Waals surface area contributed by atoms with Gasteiger partial charge in [0, 0.05) is 13.1 Å². The van der Waals surface area contributed by atoms with Crippen molar-refractivity contribution in [3.05, 3.63) is 30.6 Å². The number of carbonyl (C=O) groups excluding carboxylic acids is 1. The number of amides is 1. The van der Waals surface area contributed by atoms with Crippen LogP contribution in [0.25, 0.3) is 15.9 Å². The number of aromatic nitrogens is 2. The molecule has 8 heteroatoms. The van der Waals surface area contributed by atoms with Gasteiger partial charge in [0.2, 0.25) is 0 Å². The molecule has 0 saturated carbocycles. The van der Waals surface area contributed by atoms with E-state index in [0.717, 1.165) is 31.4 Å². The van der Waals surface area contributed by atoms with Crippen molar-refractivity contribution < 1.29 is 4.79 Å². The summed E-state index contributed by atoms with van der Waals surface area (Å²) in [5.41, 5.74) is 1.15. The molecule has 22 heavy (non-hydrogen) atoms. The number of fused-ring (bicyclic) bond motifs is 3. The number of carbonyl (C=O) groups is 1. The molecule has 1 aliphatic heterocycles. The molecule has 0 bridgehead atoms. The molecule has 0 unspecified atom stereocenters. The van der Waals surface area contributed by atoms with E-state index in [0.29, 0.717) is 19.2 Å². The Balaban J connectivity index is 1.95. The lowest BCUT2D eigenvalue weighted by Gasteiger charge is -2.26. The van der Waals surface area contributed by atoms with Gasteiger partial charge in [-0.3, -0.25) is 14.0 Å². The van der Waals surface area contributed by atoms with E-state index in [-0.39, 0.29) is 11.5 Å². The van der Waals surface area contributed by atoms with Crippen LogP contribution in [-0.4, -0.2) is 33.3 Å². The van der Waals surface area contributed by atoms with Crippen LogP contribution in [0.3, 0.4) is 0 Å². The number of piperidine rings is 1. The van der Waals surface area contributed by atoms with Crippen LogP contribution in [0.5, 0.6) is 0 Å². The quantitative estimate of drug-likeness (QED) is 0.685. The number of nitrogens with one attached hydrogen (secondary N) is 1. The van der Waals surface area contributed by atoms with Crippen molar-refractivity contribution in [3.8, 4) is 0 Å². The van der Waals surface area contributed by atoms with Gasteiger partial charge in [0.05, 0.1) is 5.52 Å². The van der Waals surface area contributed by atoms with E-state index < -0.39 is 0 Å². The van der Waals surface area contributed by atoms with Gasteiger partial charge >= 0.3 is 0 Å². The Hall–Kier alpha value is -1.51. The first kappa shape index (κ1) is 14.1. The Labute approximate surface area is 138 Å². The van der Waals surface area contributed by atoms with Crippen LogP contribution in [-0.2, 0) is 0 Å². The molecule has 1 saturated heterocycles. The highest BCUT2D eigenvalue weighted by atomic mass is 32.1. The summed E-state index contributed by atoms with van der Waals surface area (Å²) in [6, 6.07) is 1.87. The highest BCUT2D eigenvalue weighted by molar-refractivity contribution is 7.73. The number of nitrogens with zero attached hydrogens (tertiary/aromatic N) is 2. The average molecular weight is 351 g/mol. The van der Waals surface area contributed by atoms with Crippen molar-refractivity contribution in [1.29, 1.82) is 0 Å². The van der Waals surface area contributed by atoms with Crippen molar-refractivity contribution in [3.63, 3.8) is 0 Å². The summed E-state index contributed by atoms with van der Waals surface area (Å²) in [4.78, 5) is 30.2. The minimum atomic E-state index is -0.162. The van der Waals surface area contributed by atoms with E-state index in [1.165, 1.54) is 29.1 Å². The molecule has 0 aliphatic carbocycles. The largest absolute Gasteiger partial charge is 0.338 e. The zero-order chi connectivity index (χ0) is 15.3. The monoisotopic (exact) mass is 351 g/mol. The Morgan fingerprint density at radius 3 is 2.82 bits per heavy atom. The molecular formula is C14H13N3O2S3. The molecule has 114 valence electrons. The lowest BCUT2D eigenvalue weighted by Crippen LogP contribution is -2.35. The second-order valence-corrected chi connectivity index (χ2v) is 7.88. The van der Waals surface area contributed by atoms with Gasteiger partial charge in [-0.2, -0.15) is 0 Å². The number of H-pyrrole nitrogens is 1. The normalized spacial score (nSPS) is 15.7. The van der Waals surface area contributed by atoms with E-state index in [9.17, 15) is 9.59 Å². The van der Waals surface area contributed by atoms with Crippen LogP contribution in [0.4, 0.5) is 0 Å². The van der Waals surface area contributed by atoms with Crippen molar-refractivity contribution in [2.24, 2.45) is 0 Å². The van der Waals surface area contributed by atoms with E-state index >= 15 is 0 Å². The summed E-state index contributed by atoms with van der Waals surface area (Å²) in [6.07, 6.45) is 3.24. The van der Waals surface area contributed by atoms with Gasteiger partial charge in [0.25, 0.3) is 11.5 Å². The molecule has 0 aromatic carbocycles. The third-order valence-electron chi connectivity index (χ3n) is 3.97. The van der Waals surface area contributed by atoms with E-state index in [1.807, 2.05) is 20.7 Å². The Morgan fingerprint density at radius 2 is 2.05 bits per heavy atom. The number of hydrogen-bond donors (Lipinski definition) is 1. The Kier molecular flexibility index (Phi) is 3.39. The summed E-state index contributed by atoms with van der Waals surface area (Å²) in [5.74, 6) is -0.0245. The number of likely N-dealkylation sites (tertiary alicyclic amines) is 1. The maximum absolute atomic E-state index is 12.8. The molecule has 4 heterocycles. The first-order valence-electron chi connectivity index (χ1n) is 7.11. The fourth-order valence-corrected chi connectivity index (χ4v) is 5.03. The van der Waals surface area contributed by atoms with Crippen LogP contribution < -0.4 is 5.56 Å². The maximum atomic E-state index is 12.8. The molecule has 1 fully saturated rings. The Morgan fingerprint density at radius 1 is 1.27 bits per heavy atom. The number of hydrogen-bond acceptors (Lipinski definition) is 5. The predicted molar refractivity (Wildman–Crippen MR) is 91.9 cm³/mol. The summed E-state index contributed by atoms with van der Waals surface area (Å²) < 4.78 is 3.04. The van der Waals surface area contributed by atoms with Crippen molar-refractivity contribution in [1.82, 2.24) is 14.3 Å². The van der Waals surface area contributed by atoms with Crippen molar-refractivity contribution >= 4 is 56.7 Å². The fourth-order valence-electron chi connectivity index (χ4n) is 2.90. The van der Waals surface area contributed by atoms with Crippen LogP contribution in [0.15, 0.2) is 16.2 Å². The topological polar surface area (TPSA) is 57.6 Å². The second-order valence-electron chi connectivity index (χ2n) is 5.32. The third-order valence-corrected chi connectivity index (χ3v) is 6.24. The summed E-state index contributed by atoms with van der Waals surface area (Å²) in [7, 11) is 0. The molecule has 5 nitrogen and oxygen atoms in total. The van der Waals surface area contributed by atoms with Crippen molar-refractivity contribution in [2.45, 2.75) is 19.3 Å². The van der Waals surface area contributed by atoms with Gasteiger partial charge < -0.3 is 9.88 Å². The van der Waals surface area contributed by atoms with Crippen LogP contribution in [0, 0.1) is 3.95 Å². The van der Waals surface area contributed by atoms with Crippen LogP contribution in [0.2, 0.25) is 0 Å². The number of aromatic amines is 1. The molecular weight excluding hydrogens is 338 g/mol. The molecule has 1 aliphatic rings. The Bertz CT molecular complexity index is 988. The summed E-state index contributed by atoms with van der Waals surface area (Å²) >= 11 is 8.08. The molecule has 1 amide bonds. The highest BCUT2D eigenvalue weighted by Crippen LogP contribution is 2.26. The molecule has 3 aromatic heterocycles. The zero-order valence-corrected chi connectivity index (χ0v) is 14.1. The first-order valence-corrected chi connectivity index (χ1v) is 9.21. The molecule has 0 spiro atoms. The number of thiophene rings is 1. The lowest BCUT2D eigenvalue weighted by molar-refractivity contribution is 0.0730. The van der Waals surface area contributed by atoms with Crippen LogP contribution in [0.1, 0.15) is 28.9 Å². The van der Waals surface area contributed by atoms with Gasteiger partial charge in [0.15, 0.2) is 3.95 Å². The standard InChI is InChI=1S/C14H13N3O2S3/c18-12-9-8(4-7-21-9)17-11(15-12)10(22-14(17)20)13(19)16-5-2-1-3-6-16/h4,7H,1-3,5-6H2,(H,15,18). The molecule has 1 N–H and O–H groups in total. The average Bonchev–Trinajstić information content (AvgIpc) is 3.13. The fraction of sp³-hybridized carbons (Fsp3) is 0.357. The van der Waals surface area contributed by atoms with E-state index in [4.69, 9.17) is 12.2 Å². The highest BCUT2D eigenvalue weighted by Gasteiger charge is 2.24. The lowest BCUT2D eigenvalue weighted by atomic mass is 10.1.